The number of hydrogen-bond acceptors (Lipinski definition) is 2. The lowest BCUT2D eigenvalue weighted by molar-refractivity contribution is 0.332. The molecule has 0 atom stereocenters. The average molecular weight is 941 g/mol. The van der Waals surface area contributed by atoms with Gasteiger partial charge in [0.1, 0.15) is 0 Å². The molecule has 0 amide bonds. The summed E-state index contributed by atoms with van der Waals surface area (Å²) >= 11 is 0. The number of anilines is 6. The summed E-state index contributed by atoms with van der Waals surface area (Å²) in [5.41, 5.74) is 27.3. The predicted octanol–water partition coefficient (Wildman–Crippen LogP) is 17.2. The molecule has 6 aromatic carbocycles. The highest BCUT2D eigenvalue weighted by atomic mass is 15.2. The Bertz CT molecular complexity index is 3180. The number of aryl methyl sites for hydroxylation is 1. The maximum atomic E-state index is 2.76. The standard InChI is InChI=1S/C68H85BN2/c1-41-22-24-44(62(5,6)7)34-55(41)71-56-35-45(63(8,9)10)25-28-52(56)69-53-38-50-51(66(16,17)31-30-65(50,14)15)39-57(53)70(58-36-46(64(11,12)13)37-59(71)60(58)69)54-29-26-43(61(2,3)4)33-47(54)42-23-27-48-49(32-42)68(20,21)40-67(48,18)19/h22-29,32-39H,30-31,40H2,1-21H3. The molecule has 0 aromatic heterocycles. The van der Waals surface area contributed by atoms with E-state index in [2.05, 4.69) is 252 Å². The zero-order valence-electron chi connectivity index (χ0n) is 47.8. The first-order valence-corrected chi connectivity index (χ1v) is 27.1. The second-order valence-electron chi connectivity index (χ2n) is 29.5. The van der Waals surface area contributed by atoms with Crippen LogP contribution in [-0.2, 0) is 43.3 Å². The molecule has 2 aliphatic carbocycles. The fraction of sp³-hybridized carbons (Fsp3) is 0.471. The lowest BCUT2D eigenvalue weighted by atomic mass is 9.33. The van der Waals surface area contributed by atoms with Gasteiger partial charge in [0.05, 0.1) is 5.69 Å². The van der Waals surface area contributed by atoms with Crippen molar-refractivity contribution < 1.29 is 0 Å². The molecule has 0 unspecified atom stereocenters. The van der Waals surface area contributed by atoms with Gasteiger partial charge in [-0.2, -0.15) is 0 Å². The van der Waals surface area contributed by atoms with Gasteiger partial charge in [-0.05, 0) is 184 Å². The van der Waals surface area contributed by atoms with Gasteiger partial charge in [-0.1, -0.05) is 193 Å². The summed E-state index contributed by atoms with van der Waals surface area (Å²) < 4.78 is 0. The molecule has 0 fully saturated rings. The molecule has 6 aromatic rings. The Kier molecular flexibility index (Phi) is 10.8. The Hall–Kier alpha value is -5.02. The van der Waals surface area contributed by atoms with E-state index in [9.17, 15) is 0 Å². The van der Waals surface area contributed by atoms with E-state index >= 15 is 0 Å². The minimum absolute atomic E-state index is 0.0168. The molecule has 370 valence electrons. The van der Waals surface area contributed by atoms with Crippen LogP contribution in [0.2, 0.25) is 0 Å². The zero-order valence-corrected chi connectivity index (χ0v) is 47.8. The first kappa shape index (κ1) is 49.6. The smallest absolute Gasteiger partial charge is 0.252 e. The van der Waals surface area contributed by atoms with Gasteiger partial charge in [-0.15, -0.1) is 0 Å². The maximum absolute atomic E-state index is 2.76. The van der Waals surface area contributed by atoms with Crippen molar-refractivity contribution in [3.05, 3.63) is 147 Å². The molecule has 2 heterocycles. The van der Waals surface area contributed by atoms with Crippen LogP contribution in [0.5, 0.6) is 0 Å². The SMILES string of the molecule is Cc1ccc(C(C)(C)C)cc1N1c2cc(C(C)(C)C)ccc2B2c3cc4c(cc3N(c3ccc(C(C)(C)C)cc3-c3ccc5c(c3)C(C)(C)CC5(C)C)c3cc(C(C)(C)C)cc1c32)C(C)(C)CCC4(C)C. The van der Waals surface area contributed by atoms with Gasteiger partial charge in [-0.25, -0.2) is 0 Å². The van der Waals surface area contributed by atoms with Crippen LogP contribution in [0.3, 0.4) is 0 Å². The molecular formula is C68H85BN2. The van der Waals surface area contributed by atoms with Crippen LogP contribution >= 0.6 is 0 Å². The second kappa shape index (κ2) is 15.5. The van der Waals surface area contributed by atoms with Gasteiger partial charge in [0, 0.05) is 34.0 Å². The summed E-state index contributed by atoms with van der Waals surface area (Å²) in [5, 5.41) is 0. The van der Waals surface area contributed by atoms with Crippen LogP contribution < -0.4 is 26.2 Å². The third-order valence-corrected chi connectivity index (χ3v) is 17.9. The van der Waals surface area contributed by atoms with E-state index in [0.717, 1.165) is 12.8 Å². The molecule has 0 saturated carbocycles. The van der Waals surface area contributed by atoms with Gasteiger partial charge >= 0.3 is 0 Å². The molecule has 0 saturated heterocycles. The molecule has 2 aliphatic heterocycles. The number of benzene rings is 6. The minimum atomic E-state index is -0.131. The van der Waals surface area contributed by atoms with Gasteiger partial charge in [-0.3, -0.25) is 0 Å². The molecule has 4 aliphatic rings. The Balaban J connectivity index is 1.38. The second-order valence-corrected chi connectivity index (χ2v) is 29.5. The van der Waals surface area contributed by atoms with Crippen LogP contribution in [0.15, 0.2) is 97.1 Å². The molecule has 2 nitrogen and oxygen atoms in total. The first-order valence-electron chi connectivity index (χ1n) is 27.1. The summed E-state index contributed by atoms with van der Waals surface area (Å²) in [5.74, 6) is 0. The third kappa shape index (κ3) is 7.96. The monoisotopic (exact) mass is 941 g/mol. The number of nitrogens with zero attached hydrogens (tertiary/aromatic N) is 2. The van der Waals surface area contributed by atoms with Crippen molar-refractivity contribution >= 4 is 57.2 Å². The summed E-state index contributed by atoms with van der Waals surface area (Å²) in [7, 11) is 0. The molecule has 0 N–H and O–H groups in total. The number of hydrogen-bond donors (Lipinski definition) is 0. The van der Waals surface area contributed by atoms with Gasteiger partial charge in [0.25, 0.3) is 6.71 Å². The Labute approximate surface area is 431 Å². The Morgan fingerprint density at radius 1 is 0.380 bits per heavy atom. The van der Waals surface area contributed by atoms with E-state index in [1.807, 2.05) is 0 Å². The normalized spacial score (nSPS) is 18.4. The molecule has 71 heavy (non-hydrogen) atoms. The van der Waals surface area contributed by atoms with Crippen molar-refractivity contribution in [2.45, 2.75) is 208 Å². The molecule has 0 bridgehead atoms. The van der Waals surface area contributed by atoms with Crippen LogP contribution in [0.1, 0.15) is 208 Å². The highest BCUT2D eigenvalue weighted by Gasteiger charge is 2.48. The molecule has 0 spiro atoms. The Morgan fingerprint density at radius 3 is 1.41 bits per heavy atom. The summed E-state index contributed by atoms with van der Waals surface area (Å²) in [6.07, 6.45) is 3.48. The van der Waals surface area contributed by atoms with E-state index in [1.165, 1.54) is 118 Å². The van der Waals surface area contributed by atoms with E-state index in [4.69, 9.17) is 0 Å². The van der Waals surface area contributed by atoms with E-state index < -0.39 is 0 Å². The van der Waals surface area contributed by atoms with Crippen molar-refractivity contribution in [3.63, 3.8) is 0 Å². The van der Waals surface area contributed by atoms with Crippen molar-refractivity contribution in [2.24, 2.45) is 0 Å². The third-order valence-electron chi connectivity index (χ3n) is 17.9. The predicted molar refractivity (Wildman–Crippen MR) is 311 cm³/mol. The largest absolute Gasteiger partial charge is 0.311 e. The summed E-state index contributed by atoms with van der Waals surface area (Å²) in [6.45, 7) is 50.6. The van der Waals surface area contributed by atoms with Crippen LogP contribution in [-0.4, -0.2) is 6.71 Å². The number of fused-ring (bicyclic) bond motifs is 6. The van der Waals surface area contributed by atoms with Crippen molar-refractivity contribution in [1.29, 1.82) is 0 Å². The molecule has 3 heteroatoms. The topological polar surface area (TPSA) is 6.48 Å². The zero-order chi connectivity index (χ0) is 51.7. The first-order chi connectivity index (χ1) is 32.6. The Morgan fingerprint density at radius 2 is 0.831 bits per heavy atom. The van der Waals surface area contributed by atoms with Gasteiger partial charge in [0.2, 0.25) is 0 Å². The molecule has 0 radical (unpaired) electrons. The van der Waals surface area contributed by atoms with Crippen molar-refractivity contribution in [3.8, 4) is 11.1 Å². The summed E-state index contributed by atoms with van der Waals surface area (Å²) in [6, 6.07) is 40.3. The molecular weight excluding hydrogens is 856 g/mol. The minimum Gasteiger partial charge on any atom is -0.311 e. The maximum Gasteiger partial charge on any atom is 0.252 e. The van der Waals surface area contributed by atoms with Crippen LogP contribution in [0, 0.1) is 6.92 Å². The van der Waals surface area contributed by atoms with E-state index in [-0.39, 0.29) is 50.0 Å². The number of rotatable bonds is 3. The highest BCUT2D eigenvalue weighted by molar-refractivity contribution is 7.00. The molecule has 10 rings (SSSR count). The fourth-order valence-electron chi connectivity index (χ4n) is 13.4. The fourth-order valence-corrected chi connectivity index (χ4v) is 13.4. The average Bonchev–Trinajstić information content (AvgIpc) is 3.45. The van der Waals surface area contributed by atoms with Gasteiger partial charge in [0.15, 0.2) is 0 Å². The van der Waals surface area contributed by atoms with E-state index in [0.29, 0.717) is 0 Å². The lowest BCUT2D eigenvalue weighted by Gasteiger charge is -2.48. The van der Waals surface area contributed by atoms with Crippen LogP contribution in [0.25, 0.3) is 11.1 Å². The van der Waals surface area contributed by atoms with Crippen molar-refractivity contribution in [2.75, 3.05) is 9.80 Å². The lowest BCUT2D eigenvalue weighted by Crippen LogP contribution is -2.62. The highest BCUT2D eigenvalue weighted by Crippen LogP contribution is 2.55. The van der Waals surface area contributed by atoms with Crippen LogP contribution in [0.4, 0.5) is 34.1 Å². The quantitative estimate of drug-likeness (QED) is 0.163. The summed E-state index contributed by atoms with van der Waals surface area (Å²) in [4.78, 5) is 5.45. The van der Waals surface area contributed by atoms with E-state index in [1.54, 1.807) is 0 Å². The van der Waals surface area contributed by atoms with Gasteiger partial charge < -0.3 is 9.80 Å². The van der Waals surface area contributed by atoms with Crippen molar-refractivity contribution in [1.82, 2.24) is 0 Å².